The van der Waals surface area contributed by atoms with Gasteiger partial charge in [-0.3, -0.25) is 0 Å². The fourth-order valence-electron chi connectivity index (χ4n) is 3.19. The summed E-state index contributed by atoms with van der Waals surface area (Å²) in [6, 6.07) is 5.10. The zero-order valence-corrected chi connectivity index (χ0v) is 12.5. The Bertz CT molecular complexity index is 502. The molecule has 1 heterocycles. The summed E-state index contributed by atoms with van der Waals surface area (Å²) in [7, 11) is 1.94. The van der Waals surface area contributed by atoms with E-state index in [2.05, 4.69) is 5.32 Å². The molecule has 0 bridgehead atoms. The van der Waals surface area contributed by atoms with Crippen molar-refractivity contribution in [3.63, 3.8) is 0 Å². The highest BCUT2D eigenvalue weighted by molar-refractivity contribution is 5.29. The average molecular weight is 295 g/mol. The number of ether oxygens (including phenoxy) is 3. The molecular weight excluding hydrogens is 273 g/mol. The van der Waals surface area contributed by atoms with E-state index in [4.69, 9.17) is 14.2 Å². The monoisotopic (exact) mass is 295 g/mol. The summed E-state index contributed by atoms with van der Waals surface area (Å²) < 4.78 is 31.0. The number of hydrogen-bond donors (Lipinski definition) is 1. The number of benzene rings is 1. The second-order valence-electron chi connectivity index (χ2n) is 5.81. The van der Waals surface area contributed by atoms with Gasteiger partial charge in [0.05, 0.1) is 13.2 Å². The second kappa shape index (κ2) is 5.91. The highest BCUT2D eigenvalue weighted by atomic mass is 19.1. The molecule has 1 aliphatic heterocycles. The van der Waals surface area contributed by atoms with E-state index < -0.39 is 5.79 Å². The lowest BCUT2D eigenvalue weighted by molar-refractivity contribution is -0.196. The Morgan fingerprint density at radius 2 is 2.10 bits per heavy atom. The molecule has 2 fully saturated rings. The molecule has 0 aromatic heterocycles. The van der Waals surface area contributed by atoms with Crippen molar-refractivity contribution in [1.29, 1.82) is 0 Å². The van der Waals surface area contributed by atoms with Crippen LogP contribution in [0.5, 0.6) is 5.75 Å². The molecule has 2 unspecified atom stereocenters. The van der Waals surface area contributed by atoms with Crippen LogP contribution in [0.4, 0.5) is 4.39 Å². The minimum atomic E-state index is -0.493. The number of nitrogens with one attached hydrogen (secondary N) is 1. The highest BCUT2D eigenvalue weighted by Crippen LogP contribution is 2.37. The molecule has 0 radical (unpaired) electrons. The van der Waals surface area contributed by atoms with Crippen LogP contribution in [0.25, 0.3) is 0 Å². The summed E-state index contributed by atoms with van der Waals surface area (Å²) in [5, 5.41) is 3.30. The summed E-state index contributed by atoms with van der Waals surface area (Å²) in [6.07, 6.45) is 2.45. The Hall–Kier alpha value is -1.17. The van der Waals surface area contributed by atoms with Gasteiger partial charge >= 0.3 is 0 Å². The third-order valence-corrected chi connectivity index (χ3v) is 4.40. The second-order valence-corrected chi connectivity index (χ2v) is 5.81. The zero-order chi connectivity index (χ0) is 14.9. The van der Waals surface area contributed by atoms with Crippen LogP contribution in [0.3, 0.4) is 0 Å². The summed E-state index contributed by atoms with van der Waals surface area (Å²) in [5.41, 5.74) is 0.590. The summed E-state index contributed by atoms with van der Waals surface area (Å²) in [6.45, 7) is 3.03. The first-order valence-corrected chi connectivity index (χ1v) is 7.50. The van der Waals surface area contributed by atoms with Crippen molar-refractivity contribution >= 4 is 0 Å². The zero-order valence-electron chi connectivity index (χ0n) is 12.5. The lowest BCUT2D eigenvalue weighted by Crippen LogP contribution is -2.52. The maximum Gasteiger partial charge on any atom is 0.172 e. The first kappa shape index (κ1) is 14.8. The van der Waals surface area contributed by atoms with Crippen molar-refractivity contribution in [1.82, 2.24) is 5.32 Å². The molecule has 2 aliphatic rings. The van der Waals surface area contributed by atoms with Gasteiger partial charge in [-0.05, 0) is 44.2 Å². The van der Waals surface area contributed by atoms with Gasteiger partial charge in [-0.2, -0.15) is 0 Å². The van der Waals surface area contributed by atoms with E-state index in [0.29, 0.717) is 30.9 Å². The molecule has 0 amide bonds. The third kappa shape index (κ3) is 3.05. The van der Waals surface area contributed by atoms with Crippen molar-refractivity contribution in [3.8, 4) is 5.75 Å². The van der Waals surface area contributed by atoms with Crippen LogP contribution in [0.15, 0.2) is 18.2 Å². The van der Waals surface area contributed by atoms with Gasteiger partial charge in [-0.25, -0.2) is 4.39 Å². The van der Waals surface area contributed by atoms with Crippen LogP contribution in [-0.2, 0) is 9.47 Å². The molecule has 1 spiro atoms. The molecule has 1 aromatic carbocycles. The number of halogens is 1. The number of rotatable bonds is 3. The Kier molecular flexibility index (Phi) is 4.15. The fraction of sp³-hybridized carbons (Fsp3) is 0.625. The fourth-order valence-corrected chi connectivity index (χ4v) is 3.19. The lowest BCUT2D eigenvalue weighted by Gasteiger charge is -2.40. The van der Waals surface area contributed by atoms with Gasteiger partial charge in [0.25, 0.3) is 0 Å². The Balaban J connectivity index is 1.75. The van der Waals surface area contributed by atoms with Crippen LogP contribution in [0, 0.1) is 12.7 Å². The van der Waals surface area contributed by atoms with E-state index >= 15 is 0 Å². The van der Waals surface area contributed by atoms with E-state index in [1.54, 1.807) is 19.1 Å². The smallest absolute Gasteiger partial charge is 0.172 e. The predicted octanol–water partition coefficient (Wildman–Crippen LogP) is 2.40. The molecule has 116 valence electrons. The maximum absolute atomic E-state index is 13.4. The first-order chi connectivity index (χ1) is 10.1. The molecule has 2 atom stereocenters. The van der Waals surface area contributed by atoms with Crippen LogP contribution < -0.4 is 10.1 Å². The van der Waals surface area contributed by atoms with E-state index in [1.165, 1.54) is 6.07 Å². The van der Waals surface area contributed by atoms with E-state index in [0.717, 1.165) is 12.8 Å². The molecule has 1 saturated heterocycles. The minimum Gasteiger partial charge on any atom is -0.489 e. The number of aryl methyl sites for hydroxylation is 1. The Labute approximate surface area is 124 Å². The van der Waals surface area contributed by atoms with Gasteiger partial charge in [0, 0.05) is 18.9 Å². The molecule has 4 nitrogen and oxygen atoms in total. The SMILES string of the molecule is CNC1CCC2(CC1Oc1ccc(F)c(C)c1)OCCO2. The summed E-state index contributed by atoms with van der Waals surface area (Å²) in [4.78, 5) is 0. The molecular formula is C16H22FNO3. The Morgan fingerprint density at radius 3 is 2.76 bits per heavy atom. The molecule has 5 heteroatoms. The predicted molar refractivity (Wildman–Crippen MR) is 76.9 cm³/mol. The molecule has 1 saturated carbocycles. The number of hydrogen-bond acceptors (Lipinski definition) is 4. The van der Waals surface area contributed by atoms with E-state index in [1.807, 2.05) is 7.05 Å². The Morgan fingerprint density at radius 1 is 1.33 bits per heavy atom. The van der Waals surface area contributed by atoms with Gasteiger partial charge in [-0.1, -0.05) is 0 Å². The average Bonchev–Trinajstić information content (AvgIpc) is 2.91. The van der Waals surface area contributed by atoms with Crippen LogP contribution >= 0.6 is 0 Å². The van der Waals surface area contributed by atoms with Crippen molar-refractivity contribution in [2.24, 2.45) is 0 Å². The minimum absolute atomic E-state index is 0.0493. The molecule has 21 heavy (non-hydrogen) atoms. The van der Waals surface area contributed by atoms with Gasteiger partial charge < -0.3 is 19.5 Å². The topological polar surface area (TPSA) is 39.7 Å². The molecule has 1 N–H and O–H groups in total. The lowest BCUT2D eigenvalue weighted by atomic mass is 9.87. The largest absolute Gasteiger partial charge is 0.489 e. The molecule has 1 aliphatic carbocycles. The highest BCUT2D eigenvalue weighted by Gasteiger charge is 2.45. The van der Waals surface area contributed by atoms with Crippen molar-refractivity contribution in [2.75, 3.05) is 20.3 Å². The van der Waals surface area contributed by atoms with Crippen molar-refractivity contribution < 1.29 is 18.6 Å². The van der Waals surface area contributed by atoms with Gasteiger partial charge in [0.15, 0.2) is 5.79 Å². The molecule has 3 rings (SSSR count). The van der Waals surface area contributed by atoms with Gasteiger partial charge in [0.1, 0.15) is 17.7 Å². The third-order valence-electron chi connectivity index (χ3n) is 4.40. The van der Waals surface area contributed by atoms with Crippen LogP contribution in [-0.4, -0.2) is 38.2 Å². The van der Waals surface area contributed by atoms with E-state index in [-0.39, 0.29) is 18.0 Å². The summed E-state index contributed by atoms with van der Waals surface area (Å²) >= 11 is 0. The van der Waals surface area contributed by atoms with Gasteiger partial charge in [-0.15, -0.1) is 0 Å². The van der Waals surface area contributed by atoms with Crippen molar-refractivity contribution in [3.05, 3.63) is 29.6 Å². The first-order valence-electron chi connectivity index (χ1n) is 7.50. The number of likely N-dealkylation sites (N-methyl/N-ethyl adjacent to an activating group) is 1. The standard InChI is InChI=1S/C16H22FNO3/c1-11-9-12(3-4-13(11)17)21-15-10-16(19-7-8-20-16)6-5-14(15)18-2/h3-4,9,14-15,18H,5-8,10H2,1-2H3. The summed E-state index contributed by atoms with van der Waals surface area (Å²) in [5.74, 6) is -0.0168. The van der Waals surface area contributed by atoms with Crippen LogP contribution in [0.1, 0.15) is 24.8 Å². The van der Waals surface area contributed by atoms with Crippen molar-refractivity contribution in [2.45, 2.75) is 44.1 Å². The quantitative estimate of drug-likeness (QED) is 0.929. The normalized spacial score (nSPS) is 28.0. The maximum atomic E-state index is 13.4. The van der Waals surface area contributed by atoms with E-state index in [9.17, 15) is 4.39 Å². The van der Waals surface area contributed by atoms with Gasteiger partial charge in [0.2, 0.25) is 0 Å². The molecule has 1 aromatic rings. The van der Waals surface area contributed by atoms with Crippen LogP contribution in [0.2, 0.25) is 0 Å².